The summed E-state index contributed by atoms with van der Waals surface area (Å²) in [5.74, 6) is 1.13. The molecule has 4 nitrogen and oxygen atoms in total. The molecule has 0 aromatic heterocycles. The molecule has 1 saturated heterocycles. The zero-order valence-electron chi connectivity index (χ0n) is 13.8. The topological polar surface area (TPSA) is 30.9 Å². The van der Waals surface area contributed by atoms with Crippen LogP contribution in [0.1, 0.15) is 51.9 Å². The van der Waals surface area contributed by atoms with Crippen molar-refractivity contribution in [1.82, 2.24) is 15.1 Å². The van der Waals surface area contributed by atoms with Crippen LogP contribution in [0, 0.1) is 0 Å². The third kappa shape index (κ3) is 6.30. The van der Waals surface area contributed by atoms with E-state index in [1.165, 1.54) is 58.0 Å². The zero-order chi connectivity index (χ0) is 14.2. The molecule has 0 aromatic rings. The first-order valence-corrected chi connectivity index (χ1v) is 8.54. The molecular weight excluding hydrogens is 375 g/mol. The van der Waals surface area contributed by atoms with E-state index in [-0.39, 0.29) is 24.0 Å². The number of likely N-dealkylation sites (tertiary alicyclic amines) is 1. The quantitative estimate of drug-likeness (QED) is 0.431. The van der Waals surface area contributed by atoms with Gasteiger partial charge in [0.25, 0.3) is 0 Å². The minimum Gasteiger partial charge on any atom is -0.357 e. The van der Waals surface area contributed by atoms with Gasteiger partial charge in [0.05, 0.1) is 6.54 Å². The number of nitrogens with one attached hydrogen (secondary N) is 1. The maximum absolute atomic E-state index is 4.82. The summed E-state index contributed by atoms with van der Waals surface area (Å²) in [5, 5.41) is 3.44. The summed E-state index contributed by atoms with van der Waals surface area (Å²) in [6.07, 6.45) is 9.64. The van der Waals surface area contributed by atoms with Gasteiger partial charge in [0, 0.05) is 32.2 Å². The van der Waals surface area contributed by atoms with Crippen LogP contribution in [-0.2, 0) is 0 Å². The van der Waals surface area contributed by atoms with E-state index in [0.29, 0.717) is 0 Å². The predicted molar refractivity (Wildman–Crippen MR) is 102 cm³/mol. The molecular formula is C16H33IN4. The number of rotatable bonds is 5. The average Bonchev–Trinajstić information content (AvgIpc) is 3.01. The van der Waals surface area contributed by atoms with Crippen molar-refractivity contribution in [3.8, 4) is 0 Å². The second-order valence-corrected chi connectivity index (χ2v) is 6.20. The van der Waals surface area contributed by atoms with Gasteiger partial charge in [-0.3, -0.25) is 4.99 Å². The SMILES string of the molecule is CCNC(=NCCN(C)C1CCCCC1)N1CCCC1.I. The van der Waals surface area contributed by atoms with Crippen LogP contribution >= 0.6 is 24.0 Å². The molecule has 0 aromatic carbocycles. The highest BCUT2D eigenvalue weighted by Gasteiger charge is 2.18. The highest BCUT2D eigenvalue weighted by molar-refractivity contribution is 14.0. The van der Waals surface area contributed by atoms with Crippen molar-refractivity contribution in [3.63, 3.8) is 0 Å². The summed E-state index contributed by atoms with van der Waals surface area (Å²) in [5.41, 5.74) is 0. The molecule has 1 aliphatic carbocycles. The Balaban J connectivity index is 0.00000220. The fourth-order valence-electron chi connectivity index (χ4n) is 3.37. The van der Waals surface area contributed by atoms with Crippen LogP contribution in [0.3, 0.4) is 0 Å². The van der Waals surface area contributed by atoms with E-state index in [1.54, 1.807) is 0 Å². The second kappa shape index (κ2) is 10.6. The van der Waals surface area contributed by atoms with E-state index in [4.69, 9.17) is 4.99 Å². The Morgan fingerprint density at radius 1 is 1.14 bits per heavy atom. The largest absolute Gasteiger partial charge is 0.357 e. The van der Waals surface area contributed by atoms with Crippen LogP contribution in [-0.4, -0.2) is 61.6 Å². The number of hydrogen-bond acceptors (Lipinski definition) is 2. The molecule has 2 fully saturated rings. The average molecular weight is 408 g/mol. The van der Waals surface area contributed by atoms with Gasteiger partial charge in [-0.2, -0.15) is 0 Å². The van der Waals surface area contributed by atoms with E-state index < -0.39 is 0 Å². The standard InChI is InChI=1S/C16H32N4.HI/c1-3-17-16(20-12-7-8-13-20)18-11-14-19(2)15-9-5-4-6-10-15;/h15H,3-14H2,1-2H3,(H,17,18);1H. The Hall–Kier alpha value is -0.0400. The molecule has 2 rings (SSSR count). The maximum Gasteiger partial charge on any atom is 0.193 e. The van der Waals surface area contributed by atoms with Crippen molar-refractivity contribution in [2.75, 3.05) is 39.8 Å². The molecule has 1 aliphatic heterocycles. The molecule has 1 saturated carbocycles. The van der Waals surface area contributed by atoms with E-state index in [1.807, 2.05) is 0 Å². The molecule has 0 atom stereocenters. The van der Waals surface area contributed by atoms with Crippen LogP contribution in [0.2, 0.25) is 0 Å². The van der Waals surface area contributed by atoms with E-state index >= 15 is 0 Å². The van der Waals surface area contributed by atoms with Crippen LogP contribution in [0.5, 0.6) is 0 Å². The Morgan fingerprint density at radius 3 is 2.43 bits per heavy atom. The van der Waals surface area contributed by atoms with Gasteiger partial charge in [-0.1, -0.05) is 19.3 Å². The number of nitrogens with zero attached hydrogens (tertiary/aromatic N) is 3. The minimum absolute atomic E-state index is 0. The smallest absolute Gasteiger partial charge is 0.193 e. The van der Waals surface area contributed by atoms with E-state index in [0.717, 1.165) is 31.6 Å². The number of guanidine groups is 1. The lowest BCUT2D eigenvalue weighted by Crippen LogP contribution is -2.40. The van der Waals surface area contributed by atoms with Crippen molar-refractivity contribution >= 4 is 29.9 Å². The van der Waals surface area contributed by atoms with Crippen molar-refractivity contribution in [1.29, 1.82) is 0 Å². The summed E-state index contributed by atoms with van der Waals surface area (Å²) in [6, 6.07) is 0.799. The molecule has 0 unspecified atom stereocenters. The molecule has 21 heavy (non-hydrogen) atoms. The highest BCUT2D eigenvalue weighted by atomic mass is 127. The lowest BCUT2D eigenvalue weighted by molar-refractivity contribution is 0.196. The molecule has 5 heteroatoms. The van der Waals surface area contributed by atoms with Crippen LogP contribution in [0.25, 0.3) is 0 Å². The summed E-state index contributed by atoms with van der Waals surface area (Å²) < 4.78 is 0. The van der Waals surface area contributed by atoms with Crippen LogP contribution in [0.15, 0.2) is 4.99 Å². The number of halogens is 1. The van der Waals surface area contributed by atoms with Gasteiger partial charge >= 0.3 is 0 Å². The van der Waals surface area contributed by atoms with Crippen molar-refractivity contribution in [3.05, 3.63) is 0 Å². The Labute approximate surface area is 147 Å². The van der Waals surface area contributed by atoms with E-state index in [2.05, 4.69) is 29.1 Å². The normalized spacial score (nSPS) is 20.7. The Kier molecular flexibility index (Phi) is 9.64. The van der Waals surface area contributed by atoms with Gasteiger partial charge in [-0.05, 0) is 39.7 Å². The van der Waals surface area contributed by atoms with Crippen LogP contribution in [0.4, 0.5) is 0 Å². The molecule has 0 spiro atoms. The Morgan fingerprint density at radius 2 is 1.81 bits per heavy atom. The minimum atomic E-state index is 0. The first-order chi connectivity index (χ1) is 9.81. The van der Waals surface area contributed by atoms with Gasteiger partial charge in [-0.15, -0.1) is 24.0 Å². The predicted octanol–water partition coefficient (Wildman–Crippen LogP) is 2.93. The third-order valence-electron chi connectivity index (χ3n) is 4.65. The maximum atomic E-state index is 4.82. The molecule has 1 N–H and O–H groups in total. The fraction of sp³-hybridized carbons (Fsp3) is 0.938. The van der Waals surface area contributed by atoms with Gasteiger partial charge in [0.15, 0.2) is 5.96 Å². The molecule has 0 radical (unpaired) electrons. The zero-order valence-corrected chi connectivity index (χ0v) is 16.1. The molecule has 124 valence electrons. The fourth-order valence-corrected chi connectivity index (χ4v) is 3.37. The summed E-state index contributed by atoms with van der Waals surface area (Å²) >= 11 is 0. The third-order valence-corrected chi connectivity index (χ3v) is 4.65. The summed E-state index contributed by atoms with van der Waals surface area (Å²) in [6.45, 7) is 7.47. The first kappa shape index (κ1) is 19.0. The summed E-state index contributed by atoms with van der Waals surface area (Å²) in [7, 11) is 2.27. The van der Waals surface area contributed by atoms with Crippen LogP contribution < -0.4 is 5.32 Å². The van der Waals surface area contributed by atoms with Crippen molar-refractivity contribution in [2.45, 2.75) is 57.9 Å². The summed E-state index contributed by atoms with van der Waals surface area (Å²) in [4.78, 5) is 9.75. The highest BCUT2D eigenvalue weighted by Crippen LogP contribution is 2.21. The number of hydrogen-bond donors (Lipinski definition) is 1. The lowest BCUT2D eigenvalue weighted by Gasteiger charge is -2.30. The second-order valence-electron chi connectivity index (χ2n) is 6.20. The molecule has 2 aliphatic rings. The van der Waals surface area contributed by atoms with Crippen molar-refractivity contribution < 1.29 is 0 Å². The lowest BCUT2D eigenvalue weighted by atomic mass is 9.94. The molecule has 1 heterocycles. The van der Waals surface area contributed by atoms with Crippen molar-refractivity contribution in [2.24, 2.45) is 4.99 Å². The van der Waals surface area contributed by atoms with Gasteiger partial charge in [0.2, 0.25) is 0 Å². The number of aliphatic imine (C=N–C) groups is 1. The van der Waals surface area contributed by atoms with Gasteiger partial charge in [0.1, 0.15) is 0 Å². The monoisotopic (exact) mass is 408 g/mol. The molecule has 0 bridgehead atoms. The van der Waals surface area contributed by atoms with Gasteiger partial charge < -0.3 is 15.1 Å². The first-order valence-electron chi connectivity index (χ1n) is 8.54. The number of likely N-dealkylation sites (N-methyl/N-ethyl adjacent to an activating group) is 1. The molecule has 0 amide bonds. The van der Waals surface area contributed by atoms with E-state index in [9.17, 15) is 0 Å². The Bertz CT molecular complexity index is 297. The van der Waals surface area contributed by atoms with Gasteiger partial charge in [-0.25, -0.2) is 0 Å².